The van der Waals surface area contributed by atoms with E-state index in [0.29, 0.717) is 0 Å². The molecule has 1 unspecified atom stereocenters. The van der Waals surface area contributed by atoms with E-state index in [-0.39, 0.29) is 32.7 Å². The second kappa shape index (κ2) is 8.34. The van der Waals surface area contributed by atoms with Crippen LogP contribution < -0.4 is 0 Å². The molecule has 1 saturated heterocycles. The van der Waals surface area contributed by atoms with Gasteiger partial charge in [0.15, 0.2) is 0 Å². The van der Waals surface area contributed by atoms with Crippen LogP contribution in [0.25, 0.3) is 0 Å². The van der Waals surface area contributed by atoms with Crippen LogP contribution in [0.4, 0.5) is 0 Å². The molecule has 75 valence electrons. The van der Waals surface area contributed by atoms with Crippen molar-refractivity contribution in [3.05, 3.63) is 6.42 Å². The van der Waals surface area contributed by atoms with Gasteiger partial charge in [-0.05, 0) is 25.9 Å². The number of methoxy groups -OCH3 is 1. The van der Waals surface area contributed by atoms with E-state index in [9.17, 15) is 0 Å². The van der Waals surface area contributed by atoms with Crippen molar-refractivity contribution in [2.75, 3.05) is 26.8 Å². The molecule has 1 aliphatic rings. The Bertz CT molecular complexity index is 121. The minimum Gasteiger partial charge on any atom is -0.385 e. The van der Waals surface area contributed by atoms with E-state index in [1.54, 1.807) is 7.11 Å². The Balaban J connectivity index is 0.00000144. The zero-order chi connectivity index (χ0) is 8.81. The molecule has 1 radical (unpaired) electrons. The molecular weight excluding hydrogens is 239 g/mol. The van der Waals surface area contributed by atoms with Gasteiger partial charge in [0.2, 0.25) is 0 Å². The Morgan fingerprint density at radius 1 is 1.54 bits per heavy atom. The number of likely N-dealkylation sites (tertiary alicyclic amines) is 1. The van der Waals surface area contributed by atoms with Crippen molar-refractivity contribution >= 4 is 0 Å². The molecule has 1 heterocycles. The molecule has 0 saturated carbocycles. The van der Waals surface area contributed by atoms with Gasteiger partial charge in [0, 0.05) is 46.4 Å². The molecule has 1 atom stereocenters. The van der Waals surface area contributed by atoms with Crippen LogP contribution in [0.1, 0.15) is 26.2 Å². The van der Waals surface area contributed by atoms with Gasteiger partial charge >= 0.3 is 0 Å². The van der Waals surface area contributed by atoms with Crippen molar-refractivity contribution in [1.29, 1.82) is 0 Å². The standard InChI is InChI=1S/C10H20NO.Y/c1-3-10-6-4-7-11(10)8-5-9-12-2;/h3,10H,4-9H2,1-2H3;/q-1;. The molecular formula is C10H20NOY-. The largest absolute Gasteiger partial charge is 0.385 e. The van der Waals surface area contributed by atoms with Crippen molar-refractivity contribution in [3.63, 3.8) is 0 Å². The quantitative estimate of drug-likeness (QED) is 0.550. The summed E-state index contributed by atoms with van der Waals surface area (Å²) in [5, 5.41) is 0. The van der Waals surface area contributed by atoms with Crippen LogP contribution in [-0.2, 0) is 37.4 Å². The van der Waals surface area contributed by atoms with Crippen LogP contribution in [0.3, 0.4) is 0 Å². The van der Waals surface area contributed by atoms with Gasteiger partial charge in [-0.2, -0.15) is 6.92 Å². The second-order valence-electron chi connectivity index (χ2n) is 3.43. The molecule has 0 aromatic heterocycles. The van der Waals surface area contributed by atoms with Gasteiger partial charge in [-0.25, -0.2) is 0 Å². The summed E-state index contributed by atoms with van der Waals surface area (Å²) in [6, 6.07) is 0.738. The average Bonchev–Trinajstić information content (AvgIpc) is 2.52. The Morgan fingerprint density at radius 2 is 2.31 bits per heavy atom. The third-order valence-electron chi connectivity index (χ3n) is 2.59. The first kappa shape index (κ1) is 14.0. The summed E-state index contributed by atoms with van der Waals surface area (Å²) in [7, 11) is 1.77. The molecule has 1 fully saturated rings. The molecule has 0 aromatic rings. The fraction of sp³-hybridized carbons (Fsp3) is 0.900. The summed E-state index contributed by atoms with van der Waals surface area (Å²) in [6.45, 7) is 5.54. The minimum absolute atomic E-state index is 0. The first-order valence-electron chi connectivity index (χ1n) is 4.91. The maximum Gasteiger partial charge on any atom is 0.0474 e. The van der Waals surface area contributed by atoms with Gasteiger partial charge in [0.1, 0.15) is 0 Å². The summed E-state index contributed by atoms with van der Waals surface area (Å²) in [5.41, 5.74) is 0. The van der Waals surface area contributed by atoms with Crippen LogP contribution in [0, 0.1) is 6.42 Å². The zero-order valence-corrected chi connectivity index (χ0v) is 11.7. The molecule has 3 heteroatoms. The molecule has 0 amide bonds. The van der Waals surface area contributed by atoms with Crippen LogP contribution in [0.2, 0.25) is 0 Å². The fourth-order valence-electron chi connectivity index (χ4n) is 1.92. The van der Waals surface area contributed by atoms with Crippen molar-refractivity contribution in [2.45, 2.75) is 32.2 Å². The van der Waals surface area contributed by atoms with Gasteiger partial charge in [0.05, 0.1) is 0 Å². The van der Waals surface area contributed by atoms with E-state index < -0.39 is 0 Å². The molecule has 0 aliphatic carbocycles. The minimum atomic E-state index is 0. The van der Waals surface area contributed by atoms with E-state index in [1.165, 1.54) is 32.4 Å². The predicted molar refractivity (Wildman–Crippen MR) is 51.1 cm³/mol. The number of rotatable bonds is 5. The number of hydrogen-bond donors (Lipinski definition) is 0. The maximum atomic E-state index is 5.03. The number of hydrogen-bond acceptors (Lipinski definition) is 2. The molecule has 1 aliphatic heterocycles. The Kier molecular flexibility index (Phi) is 9.00. The van der Waals surface area contributed by atoms with E-state index >= 15 is 0 Å². The van der Waals surface area contributed by atoms with Crippen LogP contribution in [-0.4, -0.2) is 37.7 Å². The average molecular weight is 259 g/mol. The molecule has 0 spiro atoms. The molecule has 0 aromatic carbocycles. The van der Waals surface area contributed by atoms with Crippen molar-refractivity contribution in [1.82, 2.24) is 4.90 Å². The number of nitrogens with zero attached hydrogens (tertiary/aromatic N) is 1. The third kappa shape index (κ3) is 4.87. The van der Waals surface area contributed by atoms with Crippen molar-refractivity contribution < 1.29 is 37.4 Å². The monoisotopic (exact) mass is 259 g/mol. The summed E-state index contributed by atoms with van der Waals surface area (Å²) in [4.78, 5) is 2.55. The predicted octanol–water partition coefficient (Wildman–Crippen LogP) is 1.71. The van der Waals surface area contributed by atoms with E-state index in [1.807, 2.05) is 0 Å². The maximum absolute atomic E-state index is 5.03. The summed E-state index contributed by atoms with van der Waals surface area (Å²) < 4.78 is 5.03. The van der Waals surface area contributed by atoms with Gasteiger partial charge in [-0.15, -0.1) is 6.04 Å². The van der Waals surface area contributed by atoms with Crippen molar-refractivity contribution in [2.24, 2.45) is 0 Å². The number of ether oxygens (including phenoxy) is 1. The van der Waals surface area contributed by atoms with Crippen LogP contribution in [0.5, 0.6) is 0 Å². The van der Waals surface area contributed by atoms with Crippen LogP contribution >= 0.6 is 0 Å². The first-order chi connectivity index (χ1) is 5.88. The molecule has 2 nitrogen and oxygen atoms in total. The van der Waals surface area contributed by atoms with E-state index in [0.717, 1.165) is 12.6 Å². The summed E-state index contributed by atoms with van der Waals surface area (Å²) >= 11 is 0. The van der Waals surface area contributed by atoms with Gasteiger partial charge in [-0.1, -0.05) is 6.42 Å². The van der Waals surface area contributed by atoms with E-state index in [4.69, 9.17) is 4.74 Å². The molecule has 0 N–H and O–H groups in total. The third-order valence-corrected chi connectivity index (χ3v) is 2.59. The normalized spacial score (nSPS) is 23.1. The van der Waals surface area contributed by atoms with E-state index in [2.05, 4.69) is 18.2 Å². The Labute approximate surface area is 107 Å². The molecule has 1 rings (SSSR count). The van der Waals surface area contributed by atoms with Crippen molar-refractivity contribution in [3.8, 4) is 0 Å². The SMILES string of the molecule is C[CH-]C1CCCN1CCCOC.[Y]. The molecule has 13 heavy (non-hydrogen) atoms. The Morgan fingerprint density at radius 3 is 2.92 bits per heavy atom. The molecule has 0 bridgehead atoms. The topological polar surface area (TPSA) is 12.5 Å². The summed E-state index contributed by atoms with van der Waals surface area (Å²) in [6.07, 6.45) is 6.20. The smallest absolute Gasteiger partial charge is 0.0474 e. The zero-order valence-electron chi connectivity index (χ0n) is 8.83. The second-order valence-corrected chi connectivity index (χ2v) is 3.43. The van der Waals surface area contributed by atoms with Gasteiger partial charge < -0.3 is 16.1 Å². The Hall–Kier alpha value is 1.02. The summed E-state index contributed by atoms with van der Waals surface area (Å²) in [5.74, 6) is 0. The van der Waals surface area contributed by atoms with Gasteiger partial charge in [0.25, 0.3) is 0 Å². The van der Waals surface area contributed by atoms with Crippen LogP contribution in [0.15, 0.2) is 0 Å². The fourth-order valence-corrected chi connectivity index (χ4v) is 1.92. The first-order valence-corrected chi connectivity index (χ1v) is 4.91. The van der Waals surface area contributed by atoms with Gasteiger partial charge in [-0.3, -0.25) is 0 Å².